The van der Waals surface area contributed by atoms with E-state index in [-0.39, 0.29) is 17.9 Å². The molecule has 88 valence electrons. The minimum absolute atomic E-state index is 0.0609. The largest absolute Gasteiger partial charge is 0.386 e. The highest BCUT2D eigenvalue weighted by atomic mass is 16.3. The smallest absolute Gasteiger partial charge is 0.227 e. The molecule has 0 saturated carbocycles. The maximum Gasteiger partial charge on any atom is 0.227 e. The van der Waals surface area contributed by atoms with Crippen molar-refractivity contribution < 1.29 is 9.90 Å². The molecule has 3 N–H and O–H groups in total. The summed E-state index contributed by atoms with van der Waals surface area (Å²) < 4.78 is 0. The van der Waals surface area contributed by atoms with Gasteiger partial charge in [-0.15, -0.1) is 0 Å². The van der Waals surface area contributed by atoms with Crippen LogP contribution in [0.15, 0.2) is 0 Å². The predicted octanol–water partition coefficient (Wildman–Crippen LogP) is 0.343. The highest BCUT2D eigenvalue weighted by molar-refractivity contribution is 5.80. The third-order valence-corrected chi connectivity index (χ3v) is 3.18. The summed E-state index contributed by atoms with van der Waals surface area (Å²) >= 11 is 0. The average molecular weight is 214 g/mol. The number of rotatable bonds is 4. The molecule has 15 heavy (non-hydrogen) atoms. The summed E-state index contributed by atoms with van der Waals surface area (Å²) in [5.41, 5.74) is 5.03. The Morgan fingerprint density at radius 2 is 2.07 bits per heavy atom. The second kappa shape index (κ2) is 4.49. The van der Waals surface area contributed by atoms with E-state index < -0.39 is 5.60 Å². The number of carbonyl (C=O) groups excluding carboxylic acids is 1. The van der Waals surface area contributed by atoms with Gasteiger partial charge in [-0.3, -0.25) is 4.79 Å². The number of β-amino-alcohol motifs (C(OH)–C–C–N with tert-alkyl or cyclic N) is 1. The summed E-state index contributed by atoms with van der Waals surface area (Å²) in [6, 6.07) is -0.127. The van der Waals surface area contributed by atoms with Gasteiger partial charge < -0.3 is 15.7 Å². The van der Waals surface area contributed by atoms with Gasteiger partial charge in [-0.1, -0.05) is 20.3 Å². The minimum Gasteiger partial charge on any atom is -0.386 e. The van der Waals surface area contributed by atoms with Crippen molar-refractivity contribution >= 4 is 5.91 Å². The van der Waals surface area contributed by atoms with Crippen LogP contribution in [0.5, 0.6) is 0 Å². The van der Waals surface area contributed by atoms with Gasteiger partial charge in [0.05, 0.1) is 24.6 Å². The molecule has 0 aromatic heterocycles. The Hall–Kier alpha value is -0.610. The molecule has 2 unspecified atom stereocenters. The first-order chi connectivity index (χ1) is 6.89. The number of aliphatic hydroxyl groups is 1. The molecule has 1 fully saturated rings. The zero-order valence-electron chi connectivity index (χ0n) is 9.86. The van der Waals surface area contributed by atoms with Crippen LogP contribution in [0.4, 0.5) is 0 Å². The number of nitrogens with zero attached hydrogens (tertiary/aromatic N) is 1. The zero-order chi connectivity index (χ0) is 11.6. The Morgan fingerprint density at radius 1 is 1.53 bits per heavy atom. The SMILES string of the molecule is CCCC1(O)CN(C(=O)C(C)C(C)N)C1. The van der Waals surface area contributed by atoms with Gasteiger partial charge in [-0.2, -0.15) is 0 Å². The van der Waals surface area contributed by atoms with Crippen LogP contribution >= 0.6 is 0 Å². The fourth-order valence-corrected chi connectivity index (χ4v) is 1.96. The van der Waals surface area contributed by atoms with Crippen LogP contribution in [-0.4, -0.2) is 40.6 Å². The number of hydrogen-bond donors (Lipinski definition) is 2. The van der Waals surface area contributed by atoms with Gasteiger partial charge in [0.25, 0.3) is 0 Å². The van der Waals surface area contributed by atoms with E-state index in [0.717, 1.165) is 12.8 Å². The van der Waals surface area contributed by atoms with E-state index in [1.54, 1.807) is 4.90 Å². The van der Waals surface area contributed by atoms with Crippen molar-refractivity contribution in [2.45, 2.75) is 45.3 Å². The summed E-state index contributed by atoms with van der Waals surface area (Å²) in [6.07, 6.45) is 1.71. The Balaban J connectivity index is 2.41. The molecule has 0 bridgehead atoms. The van der Waals surface area contributed by atoms with E-state index in [9.17, 15) is 9.90 Å². The van der Waals surface area contributed by atoms with Crippen LogP contribution in [0.25, 0.3) is 0 Å². The highest BCUT2D eigenvalue weighted by Crippen LogP contribution is 2.27. The van der Waals surface area contributed by atoms with Crippen molar-refractivity contribution in [2.24, 2.45) is 11.7 Å². The first kappa shape index (κ1) is 12.5. The Bertz CT molecular complexity index is 235. The summed E-state index contributed by atoms with van der Waals surface area (Å²) in [5, 5.41) is 9.92. The molecule has 0 aliphatic carbocycles. The molecule has 1 aliphatic heterocycles. The third-order valence-electron chi connectivity index (χ3n) is 3.18. The number of likely N-dealkylation sites (tertiary alicyclic amines) is 1. The molecule has 1 rings (SSSR count). The second-order valence-corrected chi connectivity index (χ2v) is 4.82. The molecule has 0 radical (unpaired) electrons. The highest BCUT2D eigenvalue weighted by Gasteiger charge is 2.43. The van der Waals surface area contributed by atoms with E-state index in [1.807, 2.05) is 20.8 Å². The van der Waals surface area contributed by atoms with E-state index >= 15 is 0 Å². The topological polar surface area (TPSA) is 66.6 Å². The van der Waals surface area contributed by atoms with E-state index in [0.29, 0.717) is 13.1 Å². The van der Waals surface area contributed by atoms with Crippen molar-refractivity contribution in [2.75, 3.05) is 13.1 Å². The molecule has 4 nitrogen and oxygen atoms in total. The van der Waals surface area contributed by atoms with Crippen LogP contribution in [0.3, 0.4) is 0 Å². The monoisotopic (exact) mass is 214 g/mol. The van der Waals surface area contributed by atoms with Crippen LogP contribution in [-0.2, 0) is 4.79 Å². The van der Waals surface area contributed by atoms with Crippen LogP contribution in [0.1, 0.15) is 33.6 Å². The number of carbonyl (C=O) groups is 1. The van der Waals surface area contributed by atoms with Crippen molar-refractivity contribution in [3.63, 3.8) is 0 Å². The normalized spacial score (nSPS) is 23.1. The molecule has 4 heteroatoms. The average Bonchev–Trinajstić information content (AvgIpc) is 2.11. The Labute approximate surface area is 91.4 Å². The maximum atomic E-state index is 11.8. The summed E-state index contributed by atoms with van der Waals surface area (Å²) in [5.74, 6) is -0.0954. The van der Waals surface area contributed by atoms with Gasteiger partial charge in [-0.25, -0.2) is 0 Å². The summed E-state index contributed by atoms with van der Waals surface area (Å²) in [4.78, 5) is 13.5. The van der Waals surface area contributed by atoms with E-state index in [2.05, 4.69) is 0 Å². The van der Waals surface area contributed by atoms with Gasteiger partial charge >= 0.3 is 0 Å². The third kappa shape index (κ3) is 2.69. The molecular formula is C11H22N2O2. The molecule has 1 heterocycles. The van der Waals surface area contributed by atoms with Crippen LogP contribution in [0, 0.1) is 5.92 Å². The molecular weight excluding hydrogens is 192 g/mol. The number of nitrogens with two attached hydrogens (primary N) is 1. The van der Waals surface area contributed by atoms with E-state index in [4.69, 9.17) is 5.73 Å². The minimum atomic E-state index is -0.637. The first-order valence-electron chi connectivity index (χ1n) is 5.66. The van der Waals surface area contributed by atoms with Crippen molar-refractivity contribution in [1.29, 1.82) is 0 Å². The van der Waals surface area contributed by atoms with Gasteiger partial charge in [-0.05, 0) is 13.3 Å². The van der Waals surface area contributed by atoms with Crippen molar-refractivity contribution in [3.8, 4) is 0 Å². The summed E-state index contributed by atoms with van der Waals surface area (Å²) in [7, 11) is 0. The molecule has 1 amide bonds. The van der Waals surface area contributed by atoms with E-state index in [1.165, 1.54) is 0 Å². The molecule has 1 aliphatic rings. The van der Waals surface area contributed by atoms with Crippen molar-refractivity contribution in [1.82, 2.24) is 4.90 Å². The predicted molar refractivity (Wildman–Crippen MR) is 59.3 cm³/mol. The quantitative estimate of drug-likeness (QED) is 0.709. The van der Waals surface area contributed by atoms with Crippen LogP contribution in [0.2, 0.25) is 0 Å². The first-order valence-corrected chi connectivity index (χ1v) is 5.66. The van der Waals surface area contributed by atoms with Gasteiger partial charge in [0.1, 0.15) is 0 Å². The lowest BCUT2D eigenvalue weighted by Gasteiger charge is -2.47. The standard InChI is InChI=1S/C11H22N2O2/c1-4-5-11(15)6-13(7-11)10(14)8(2)9(3)12/h8-9,15H,4-7,12H2,1-3H3. The number of hydrogen-bond acceptors (Lipinski definition) is 3. The zero-order valence-corrected chi connectivity index (χ0v) is 9.86. The Morgan fingerprint density at radius 3 is 2.47 bits per heavy atom. The van der Waals surface area contributed by atoms with Crippen molar-refractivity contribution in [3.05, 3.63) is 0 Å². The molecule has 0 spiro atoms. The summed E-state index contributed by atoms with van der Waals surface area (Å²) in [6.45, 7) is 6.64. The molecule has 0 aromatic rings. The van der Waals surface area contributed by atoms with Gasteiger partial charge in [0.15, 0.2) is 0 Å². The lowest BCUT2D eigenvalue weighted by molar-refractivity contribution is -0.160. The Kier molecular flexibility index (Phi) is 3.73. The fraction of sp³-hybridized carbons (Fsp3) is 0.909. The molecule has 1 saturated heterocycles. The lowest BCUT2D eigenvalue weighted by atomic mass is 9.87. The fourth-order valence-electron chi connectivity index (χ4n) is 1.96. The van der Waals surface area contributed by atoms with Crippen LogP contribution < -0.4 is 5.73 Å². The van der Waals surface area contributed by atoms with Gasteiger partial charge in [0.2, 0.25) is 5.91 Å². The number of amides is 1. The maximum absolute atomic E-state index is 11.8. The molecule has 0 aromatic carbocycles. The molecule has 2 atom stereocenters. The second-order valence-electron chi connectivity index (χ2n) is 4.82. The van der Waals surface area contributed by atoms with Gasteiger partial charge in [0, 0.05) is 6.04 Å². The lowest BCUT2D eigenvalue weighted by Crippen LogP contribution is -2.64.